The number of likely N-dealkylation sites (tertiary alicyclic amines) is 1. The minimum atomic E-state index is -1.77. The van der Waals surface area contributed by atoms with Crippen LogP contribution < -0.4 is 0 Å². The quantitative estimate of drug-likeness (QED) is 0.570. The van der Waals surface area contributed by atoms with Crippen LogP contribution in [-0.2, 0) is 20.6 Å². The van der Waals surface area contributed by atoms with Gasteiger partial charge in [0, 0.05) is 19.5 Å². The number of piperidine rings is 1. The van der Waals surface area contributed by atoms with Gasteiger partial charge in [0.1, 0.15) is 12.0 Å². The lowest BCUT2D eigenvalue weighted by atomic mass is 10.1. The number of ether oxygens (including phenoxy) is 1. The maximum Gasteiger partial charge on any atom is 0.305 e. The lowest BCUT2D eigenvalue weighted by molar-refractivity contribution is -0.150. The van der Waals surface area contributed by atoms with Crippen molar-refractivity contribution in [1.29, 1.82) is 0 Å². The molecule has 1 atom stereocenters. The number of nitrogens with zero attached hydrogens (tertiary/aromatic N) is 1. The first-order chi connectivity index (χ1) is 7.11. The first kappa shape index (κ1) is 12.6. The third kappa shape index (κ3) is 4.72. The lowest BCUT2D eigenvalue weighted by Crippen LogP contribution is -2.39. The van der Waals surface area contributed by atoms with Crippen LogP contribution in [0.4, 0.5) is 0 Å². The molecule has 88 valence electrons. The van der Waals surface area contributed by atoms with Crippen molar-refractivity contribution in [3.8, 4) is 0 Å². The Labute approximate surface area is 92.1 Å². The van der Waals surface area contributed by atoms with Crippen LogP contribution >= 0.6 is 0 Å². The van der Waals surface area contributed by atoms with Crippen molar-refractivity contribution in [2.24, 2.45) is 0 Å². The largest absolute Gasteiger partial charge is 0.462 e. The van der Waals surface area contributed by atoms with Crippen LogP contribution in [0.5, 0.6) is 0 Å². The van der Waals surface area contributed by atoms with E-state index in [1.54, 1.807) is 6.92 Å². The van der Waals surface area contributed by atoms with Crippen LogP contribution in [0.1, 0.15) is 26.2 Å². The normalized spacial score (nSPS) is 21.2. The average molecular weight is 235 g/mol. The number of hydrogen-bond acceptors (Lipinski definition) is 4. The van der Waals surface area contributed by atoms with Gasteiger partial charge >= 0.3 is 5.97 Å². The second kappa shape index (κ2) is 6.19. The summed E-state index contributed by atoms with van der Waals surface area (Å²) in [6.45, 7) is 3.20. The molecule has 1 saturated heterocycles. The highest BCUT2D eigenvalue weighted by Gasteiger charge is 2.22. The summed E-state index contributed by atoms with van der Waals surface area (Å²) >= 11 is -1.77. The highest BCUT2D eigenvalue weighted by atomic mass is 32.2. The van der Waals surface area contributed by atoms with Crippen molar-refractivity contribution in [3.63, 3.8) is 0 Å². The first-order valence-corrected chi connectivity index (χ1v) is 6.38. The Morgan fingerprint density at radius 3 is 2.60 bits per heavy atom. The van der Waals surface area contributed by atoms with Gasteiger partial charge in [-0.15, -0.1) is 0 Å². The number of rotatable bonds is 4. The molecule has 5 nitrogen and oxygen atoms in total. The molecular formula is C9H17NO4S. The van der Waals surface area contributed by atoms with Gasteiger partial charge in [-0.05, 0) is 12.8 Å². The molecule has 0 radical (unpaired) electrons. The summed E-state index contributed by atoms with van der Waals surface area (Å²) in [5.74, 6) is 0.0215. The van der Waals surface area contributed by atoms with Gasteiger partial charge in [-0.3, -0.25) is 9.69 Å². The average Bonchev–Trinajstić information content (AvgIpc) is 2.20. The van der Waals surface area contributed by atoms with Crippen molar-refractivity contribution in [1.82, 2.24) is 4.90 Å². The van der Waals surface area contributed by atoms with E-state index in [9.17, 15) is 9.00 Å². The van der Waals surface area contributed by atoms with E-state index in [2.05, 4.69) is 0 Å². The fraction of sp³-hybridized carbons (Fsp3) is 0.889. The van der Waals surface area contributed by atoms with Crippen molar-refractivity contribution in [2.75, 3.05) is 19.0 Å². The van der Waals surface area contributed by atoms with Crippen LogP contribution in [0.15, 0.2) is 0 Å². The van der Waals surface area contributed by atoms with E-state index in [-0.39, 0.29) is 18.0 Å². The zero-order valence-electron chi connectivity index (χ0n) is 8.85. The van der Waals surface area contributed by atoms with E-state index in [1.165, 1.54) is 0 Å². The Morgan fingerprint density at radius 1 is 1.53 bits per heavy atom. The Morgan fingerprint density at radius 2 is 2.13 bits per heavy atom. The standard InChI is InChI=1S/C9H17NO4S/c1-2-9(11)14-8-3-5-10(6-4-8)7-15(12)13/h8H,2-7H2,1H3,(H,12,13). The van der Waals surface area contributed by atoms with E-state index in [4.69, 9.17) is 9.29 Å². The number of hydrogen-bond donors (Lipinski definition) is 1. The number of esters is 1. The fourth-order valence-electron chi connectivity index (χ4n) is 1.58. The molecule has 1 N–H and O–H groups in total. The first-order valence-electron chi connectivity index (χ1n) is 5.11. The SMILES string of the molecule is CCC(=O)OC1CCN(CS(=O)O)CC1. The van der Waals surface area contributed by atoms with Crippen LogP contribution in [0.3, 0.4) is 0 Å². The molecule has 0 aromatic heterocycles. The zero-order chi connectivity index (χ0) is 11.3. The molecule has 1 aliphatic heterocycles. The van der Waals surface area contributed by atoms with E-state index in [0.29, 0.717) is 19.5 Å². The maximum atomic E-state index is 11.0. The van der Waals surface area contributed by atoms with Gasteiger partial charge < -0.3 is 9.29 Å². The lowest BCUT2D eigenvalue weighted by Gasteiger charge is -2.30. The molecule has 1 rings (SSSR count). The van der Waals surface area contributed by atoms with E-state index in [0.717, 1.165) is 12.8 Å². The molecule has 6 heteroatoms. The van der Waals surface area contributed by atoms with Crippen molar-refractivity contribution < 1.29 is 18.3 Å². The van der Waals surface area contributed by atoms with E-state index < -0.39 is 11.1 Å². The van der Waals surface area contributed by atoms with E-state index >= 15 is 0 Å². The summed E-state index contributed by atoms with van der Waals surface area (Å²) in [5, 5.41) is 0. The topological polar surface area (TPSA) is 66.8 Å². The van der Waals surface area contributed by atoms with Gasteiger partial charge in [0.15, 0.2) is 11.1 Å². The molecule has 0 amide bonds. The summed E-state index contributed by atoms with van der Waals surface area (Å²) in [6, 6.07) is 0. The van der Waals surface area contributed by atoms with Crippen molar-refractivity contribution >= 4 is 17.0 Å². The minimum absolute atomic E-state index is 0.0131. The maximum absolute atomic E-state index is 11.0. The Balaban J connectivity index is 2.23. The van der Waals surface area contributed by atoms with Gasteiger partial charge in [0.2, 0.25) is 0 Å². The highest BCUT2D eigenvalue weighted by Crippen LogP contribution is 2.14. The molecule has 0 saturated carbocycles. The van der Waals surface area contributed by atoms with Crippen LogP contribution in [-0.4, -0.2) is 44.7 Å². The molecule has 0 aliphatic carbocycles. The smallest absolute Gasteiger partial charge is 0.305 e. The second-order valence-electron chi connectivity index (χ2n) is 3.61. The predicted molar refractivity (Wildman–Crippen MR) is 56.6 cm³/mol. The molecule has 1 heterocycles. The van der Waals surface area contributed by atoms with Gasteiger partial charge in [-0.2, -0.15) is 0 Å². The molecule has 1 aliphatic rings. The Kier molecular flexibility index (Phi) is 5.21. The van der Waals surface area contributed by atoms with Crippen molar-refractivity contribution in [2.45, 2.75) is 32.3 Å². The highest BCUT2D eigenvalue weighted by molar-refractivity contribution is 7.79. The third-order valence-corrected chi connectivity index (χ3v) is 3.00. The predicted octanol–water partition coefficient (Wildman–Crippen LogP) is 0.583. The monoisotopic (exact) mass is 235 g/mol. The molecule has 1 fully saturated rings. The third-order valence-electron chi connectivity index (χ3n) is 2.41. The fourth-order valence-corrected chi connectivity index (χ4v) is 2.15. The van der Waals surface area contributed by atoms with Crippen molar-refractivity contribution in [3.05, 3.63) is 0 Å². The molecule has 0 spiro atoms. The Bertz CT molecular complexity index is 238. The van der Waals surface area contributed by atoms with Crippen LogP contribution in [0.25, 0.3) is 0 Å². The van der Waals surface area contributed by atoms with E-state index in [1.807, 2.05) is 4.90 Å². The molecular weight excluding hydrogens is 218 g/mol. The summed E-state index contributed by atoms with van der Waals surface area (Å²) in [5.41, 5.74) is 0. The van der Waals surface area contributed by atoms with Gasteiger partial charge in [0.05, 0.1) is 0 Å². The number of carbonyl (C=O) groups excluding carboxylic acids is 1. The van der Waals surface area contributed by atoms with Crippen LogP contribution in [0.2, 0.25) is 0 Å². The summed E-state index contributed by atoms with van der Waals surface area (Å²) in [7, 11) is 0. The molecule has 0 aromatic rings. The number of carbonyl (C=O) groups is 1. The minimum Gasteiger partial charge on any atom is -0.462 e. The molecule has 0 bridgehead atoms. The Hall–Kier alpha value is -0.460. The summed E-state index contributed by atoms with van der Waals surface area (Å²) in [4.78, 5) is 12.9. The summed E-state index contributed by atoms with van der Waals surface area (Å²) in [6.07, 6.45) is 1.90. The molecule has 15 heavy (non-hydrogen) atoms. The van der Waals surface area contributed by atoms with Gasteiger partial charge in [0.25, 0.3) is 0 Å². The zero-order valence-corrected chi connectivity index (χ0v) is 9.66. The van der Waals surface area contributed by atoms with Gasteiger partial charge in [-0.25, -0.2) is 4.21 Å². The molecule has 1 unspecified atom stereocenters. The van der Waals surface area contributed by atoms with Gasteiger partial charge in [-0.1, -0.05) is 6.92 Å². The second-order valence-corrected chi connectivity index (χ2v) is 4.51. The molecule has 0 aromatic carbocycles. The van der Waals surface area contributed by atoms with Crippen LogP contribution in [0, 0.1) is 0 Å². The summed E-state index contributed by atoms with van der Waals surface area (Å²) < 4.78 is 24.4.